The molecule has 0 radical (unpaired) electrons. The zero-order valence-corrected chi connectivity index (χ0v) is 11.8. The Bertz CT molecular complexity index is 702. The van der Waals surface area contributed by atoms with E-state index in [-0.39, 0.29) is 11.6 Å². The standard InChI is InChI=1S/C16H10F6O2/c17-15(18,19)11-6-10(7-12(8-11)16(20,21)22)14(24)13(23)9-4-2-1-3-5-9/h1-8,13,23H. The van der Waals surface area contributed by atoms with E-state index in [0.717, 1.165) is 0 Å². The molecular formula is C16H10F6O2. The molecule has 0 saturated carbocycles. The molecule has 0 bridgehead atoms. The number of halogens is 6. The summed E-state index contributed by atoms with van der Waals surface area (Å²) in [5.41, 5.74) is -4.02. The van der Waals surface area contributed by atoms with Crippen molar-refractivity contribution in [2.24, 2.45) is 0 Å². The summed E-state index contributed by atoms with van der Waals surface area (Å²) >= 11 is 0. The Morgan fingerprint density at radius 3 is 1.71 bits per heavy atom. The molecule has 128 valence electrons. The monoisotopic (exact) mass is 348 g/mol. The quantitative estimate of drug-likeness (QED) is 0.648. The van der Waals surface area contributed by atoms with Crippen molar-refractivity contribution in [3.8, 4) is 0 Å². The maximum absolute atomic E-state index is 12.8. The van der Waals surface area contributed by atoms with Crippen molar-refractivity contribution in [3.05, 3.63) is 70.8 Å². The van der Waals surface area contributed by atoms with Gasteiger partial charge in [-0.3, -0.25) is 4.79 Å². The molecule has 1 atom stereocenters. The number of carbonyl (C=O) groups excluding carboxylic acids is 1. The van der Waals surface area contributed by atoms with Gasteiger partial charge in [-0.05, 0) is 23.8 Å². The average molecular weight is 348 g/mol. The summed E-state index contributed by atoms with van der Waals surface area (Å²) in [6.07, 6.45) is -12.0. The minimum Gasteiger partial charge on any atom is -0.380 e. The number of alkyl halides is 6. The Morgan fingerprint density at radius 2 is 1.29 bits per heavy atom. The van der Waals surface area contributed by atoms with Gasteiger partial charge >= 0.3 is 12.4 Å². The van der Waals surface area contributed by atoms with E-state index in [1.807, 2.05) is 0 Å². The van der Waals surface area contributed by atoms with Crippen LogP contribution in [0.5, 0.6) is 0 Å². The normalized spacial score (nSPS) is 13.6. The first-order valence-corrected chi connectivity index (χ1v) is 6.57. The van der Waals surface area contributed by atoms with Crippen molar-refractivity contribution in [1.29, 1.82) is 0 Å². The van der Waals surface area contributed by atoms with Crippen LogP contribution in [-0.4, -0.2) is 10.9 Å². The van der Waals surface area contributed by atoms with E-state index in [1.54, 1.807) is 6.07 Å². The van der Waals surface area contributed by atoms with Gasteiger partial charge in [0.15, 0.2) is 5.78 Å². The van der Waals surface area contributed by atoms with E-state index in [1.165, 1.54) is 24.3 Å². The highest BCUT2D eigenvalue weighted by Crippen LogP contribution is 2.37. The number of ketones is 1. The summed E-state index contributed by atoms with van der Waals surface area (Å²) < 4.78 is 76.7. The Kier molecular flexibility index (Phi) is 4.70. The molecule has 1 unspecified atom stereocenters. The smallest absolute Gasteiger partial charge is 0.380 e. The number of hydrogen-bond donors (Lipinski definition) is 1. The van der Waals surface area contributed by atoms with Crippen LogP contribution in [0.15, 0.2) is 48.5 Å². The summed E-state index contributed by atoms with van der Waals surface area (Å²) in [6.45, 7) is 0. The number of carbonyl (C=O) groups is 1. The lowest BCUT2D eigenvalue weighted by atomic mass is 9.96. The Morgan fingerprint density at radius 1 is 0.833 bits per heavy atom. The van der Waals surface area contributed by atoms with Crippen LogP contribution in [0.2, 0.25) is 0 Å². The fourth-order valence-corrected chi connectivity index (χ4v) is 2.04. The molecule has 1 N–H and O–H groups in total. The molecule has 8 heteroatoms. The third-order valence-electron chi connectivity index (χ3n) is 3.24. The predicted octanol–water partition coefficient (Wildman–Crippen LogP) is 4.64. The van der Waals surface area contributed by atoms with Crippen LogP contribution in [-0.2, 0) is 12.4 Å². The van der Waals surface area contributed by atoms with Gasteiger partial charge in [0.1, 0.15) is 6.10 Å². The van der Waals surface area contributed by atoms with Gasteiger partial charge in [-0.25, -0.2) is 0 Å². The minimum absolute atomic E-state index is 0.0634. The van der Waals surface area contributed by atoms with Crippen LogP contribution in [0.3, 0.4) is 0 Å². The summed E-state index contributed by atoms with van der Waals surface area (Å²) in [4.78, 5) is 12.1. The number of benzene rings is 2. The molecule has 2 nitrogen and oxygen atoms in total. The molecule has 0 aliphatic carbocycles. The second-order valence-electron chi connectivity index (χ2n) is 4.97. The zero-order valence-electron chi connectivity index (χ0n) is 11.8. The van der Waals surface area contributed by atoms with Gasteiger partial charge in [0.05, 0.1) is 11.1 Å². The summed E-state index contributed by atoms with van der Waals surface area (Å²) in [5, 5.41) is 9.92. The Hall–Kier alpha value is -2.35. The van der Waals surface area contributed by atoms with Crippen molar-refractivity contribution in [2.45, 2.75) is 18.5 Å². The van der Waals surface area contributed by atoms with E-state index in [0.29, 0.717) is 12.1 Å². The largest absolute Gasteiger partial charge is 0.416 e. The molecule has 2 rings (SSSR count). The molecule has 0 saturated heterocycles. The van der Waals surface area contributed by atoms with Crippen LogP contribution in [0.25, 0.3) is 0 Å². The highest BCUT2D eigenvalue weighted by atomic mass is 19.4. The first-order valence-electron chi connectivity index (χ1n) is 6.57. The molecule has 0 aromatic heterocycles. The lowest BCUT2D eigenvalue weighted by Gasteiger charge is -2.15. The fraction of sp³-hybridized carbons (Fsp3) is 0.188. The van der Waals surface area contributed by atoms with E-state index in [2.05, 4.69) is 0 Å². The molecule has 0 amide bonds. The topological polar surface area (TPSA) is 37.3 Å². The average Bonchev–Trinajstić information content (AvgIpc) is 2.52. The van der Waals surface area contributed by atoms with Crippen LogP contribution in [0.1, 0.15) is 33.2 Å². The van der Waals surface area contributed by atoms with E-state index >= 15 is 0 Å². The van der Waals surface area contributed by atoms with Crippen LogP contribution >= 0.6 is 0 Å². The third-order valence-corrected chi connectivity index (χ3v) is 3.24. The predicted molar refractivity (Wildman–Crippen MR) is 72.2 cm³/mol. The molecule has 0 aliphatic heterocycles. The highest BCUT2D eigenvalue weighted by molar-refractivity contribution is 6.00. The van der Waals surface area contributed by atoms with Crippen LogP contribution in [0, 0.1) is 0 Å². The zero-order chi connectivity index (χ0) is 18.1. The molecule has 0 heterocycles. The van der Waals surface area contributed by atoms with E-state index < -0.39 is 40.9 Å². The van der Waals surface area contributed by atoms with E-state index in [4.69, 9.17) is 0 Å². The van der Waals surface area contributed by atoms with Crippen molar-refractivity contribution in [1.82, 2.24) is 0 Å². The number of hydrogen-bond acceptors (Lipinski definition) is 2. The third kappa shape index (κ3) is 3.94. The molecule has 2 aromatic carbocycles. The van der Waals surface area contributed by atoms with Gasteiger partial charge in [0.25, 0.3) is 0 Å². The fourth-order valence-electron chi connectivity index (χ4n) is 2.04. The van der Waals surface area contributed by atoms with Gasteiger partial charge in [-0.2, -0.15) is 26.3 Å². The summed E-state index contributed by atoms with van der Waals surface area (Å²) in [7, 11) is 0. The number of Topliss-reactive ketones (excluding diaryl/α,β-unsaturated/α-hetero) is 1. The molecule has 0 aliphatic rings. The van der Waals surface area contributed by atoms with Gasteiger partial charge in [-0.15, -0.1) is 0 Å². The number of aliphatic hydroxyl groups excluding tert-OH is 1. The maximum Gasteiger partial charge on any atom is 0.416 e. The second kappa shape index (κ2) is 6.27. The van der Waals surface area contributed by atoms with Gasteiger partial charge in [0, 0.05) is 5.56 Å². The molecule has 24 heavy (non-hydrogen) atoms. The van der Waals surface area contributed by atoms with Crippen LogP contribution in [0.4, 0.5) is 26.3 Å². The Balaban J connectivity index is 2.51. The van der Waals surface area contributed by atoms with Gasteiger partial charge < -0.3 is 5.11 Å². The van der Waals surface area contributed by atoms with Gasteiger partial charge in [0.2, 0.25) is 0 Å². The number of rotatable bonds is 3. The van der Waals surface area contributed by atoms with E-state index in [9.17, 15) is 36.2 Å². The molecule has 0 fully saturated rings. The Labute approximate surface area is 132 Å². The lowest BCUT2D eigenvalue weighted by Crippen LogP contribution is -2.17. The van der Waals surface area contributed by atoms with Crippen molar-refractivity contribution in [2.75, 3.05) is 0 Å². The number of aliphatic hydroxyl groups is 1. The van der Waals surface area contributed by atoms with Crippen molar-refractivity contribution >= 4 is 5.78 Å². The molecule has 2 aromatic rings. The molecular weight excluding hydrogens is 338 g/mol. The first kappa shape index (κ1) is 18.0. The van der Waals surface area contributed by atoms with Crippen LogP contribution < -0.4 is 0 Å². The minimum atomic E-state index is -5.06. The second-order valence-corrected chi connectivity index (χ2v) is 4.97. The van der Waals surface area contributed by atoms with Gasteiger partial charge in [-0.1, -0.05) is 30.3 Å². The SMILES string of the molecule is O=C(c1cc(C(F)(F)F)cc(C(F)(F)F)c1)C(O)c1ccccc1. The van der Waals surface area contributed by atoms with Crippen molar-refractivity contribution < 1.29 is 36.2 Å². The maximum atomic E-state index is 12.8. The first-order chi connectivity index (χ1) is 11.0. The summed E-state index contributed by atoms with van der Waals surface area (Å²) in [5.74, 6) is -1.25. The lowest BCUT2D eigenvalue weighted by molar-refractivity contribution is -0.143. The van der Waals surface area contributed by atoms with Crippen molar-refractivity contribution in [3.63, 3.8) is 0 Å². The highest BCUT2D eigenvalue weighted by Gasteiger charge is 2.38. The molecule has 0 spiro atoms. The summed E-state index contributed by atoms with van der Waals surface area (Å²) in [6, 6.07) is 7.70.